The zero-order valence-corrected chi connectivity index (χ0v) is 17.3. The molecule has 4 heterocycles. The fraction of sp³-hybridized carbons (Fsp3) is 0.429. The van der Waals surface area contributed by atoms with Gasteiger partial charge in [0.2, 0.25) is 0 Å². The average Bonchev–Trinajstić information content (AvgIpc) is 3.16. The normalized spacial score (nSPS) is 22.4. The number of pyridine rings is 2. The third kappa shape index (κ3) is 6.37. The summed E-state index contributed by atoms with van der Waals surface area (Å²) in [7, 11) is 0. The van der Waals surface area contributed by atoms with Crippen LogP contribution in [0.5, 0.6) is 5.88 Å². The van der Waals surface area contributed by atoms with E-state index in [0.717, 1.165) is 12.8 Å². The molecular weight excluding hydrogens is 450 g/mol. The van der Waals surface area contributed by atoms with Crippen molar-refractivity contribution in [3.63, 3.8) is 0 Å². The van der Waals surface area contributed by atoms with E-state index < -0.39 is 23.6 Å². The number of rotatable bonds is 3. The van der Waals surface area contributed by atoms with Gasteiger partial charge < -0.3 is 19.5 Å². The van der Waals surface area contributed by atoms with Gasteiger partial charge in [-0.3, -0.25) is 9.78 Å². The Labute approximate surface area is 186 Å². The molecule has 0 aromatic carbocycles. The van der Waals surface area contributed by atoms with E-state index in [4.69, 9.17) is 19.4 Å². The zero-order chi connectivity index (χ0) is 24.1. The Hall–Kier alpha value is -3.28. The van der Waals surface area contributed by atoms with E-state index in [1.165, 1.54) is 18.3 Å². The third-order valence-corrected chi connectivity index (χ3v) is 5.16. The van der Waals surface area contributed by atoms with E-state index in [-0.39, 0.29) is 17.9 Å². The molecule has 2 atom stereocenters. The summed E-state index contributed by atoms with van der Waals surface area (Å²) in [5.74, 6) is -3.28. The first-order valence-electron chi connectivity index (χ1n) is 10.0. The number of hydrogen-bond acceptors (Lipinski definition) is 6. The van der Waals surface area contributed by atoms with E-state index >= 15 is 0 Å². The van der Waals surface area contributed by atoms with Crippen molar-refractivity contribution in [1.82, 2.24) is 14.9 Å². The number of carboxylic acid groups (broad SMARTS) is 1. The lowest BCUT2D eigenvalue weighted by atomic mass is 9.89. The fourth-order valence-corrected chi connectivity index (χ4v) is 3.72. The number of piperidine rings is 1. The molecule has 2 aliphatic rings. The number of halogens is 4. The lowest BCUT2D eigenvalue weighted by molar-refractivity contribution is -0.192. The molecular formula is C21H21F4N3O5. The summed E-state index contributed by atoms with van der Waals surface area (Å²) >= 11 is 0. The van der Waals surface area contributed by atoms with Crippen molar-refractivity contribution >= 4 is 11.9 Å². The number of nitrogens with zero attached hydrogens (tertiary/aromatic N) is 3. The number of carbonyl (C=O) groups is 2. The Morgan fingerprint density at radius 1 is 1.24 bits per heavy atom. The van der Waals surface area contributed by atoms with Gasteiger partial charge in [0.1, 0.15) is 6.10 Å². The number of carbonyl (C=O) groups excluding carboxylic acids is 1. The summed E-state index contributed by atoms with van der Waals surface area (Å²) in [6, 6.07) is 6.37. The van der Waals surface area contributed by atoms with Crippen LogP contribution in [0.2, 0.25) is 0 Å². The minimum atomic E-state index is -5.08. The van der Waals surface area contributed by atoms with Crippen molar-refractivity contribution in [2.45, 2.75) is 37.1 Å². The summed E-state index contributed by atoms with van der Waals surface area (Å²) in [6.07, 6.45) is 1.69. The number of aliphatic carboxylic acids is 1. The van der Waals surface area contributed by atoms with Gasteiger partial charge in [-0.25, -0.2) is 14.2 Å². The third-order valence-electron chi connectivity index (χ3n) is 5.16. The van der Waals surface area contributed by atoms with Gasteiger partial charge in [0.25, 0.3) is 11.8 Å². The van der Waals surface area contributed by atoms with Crippen LogP contribution >= 0.6 is 0 Å². The zero-order valence-electron chi connectivity index (χ0n) is 17.3. The predicted molar refractivity (Wildman–Crippen MR) is 105 cm³/mol. The molecule has 1 N–H and O–H groups in total. The molecule has 1 amide bonds. The van der Waals surface area contributed by atoms with Crippen LogP contribution in [0.1, 0.15) is 29.6 Å². The van der Waals surface area contributed by atoms with Gasteiger partial charge in [-0.15, -0.1) is 0 Å². The van der Waals surface area contributed by atoms with Crippen LogP contribution in [0.15, 0.2) is 42.9 Å². The molecule has 0 saturated carbocycles. The summed E-state index contributed by atoms with van der Waals surface area (Å²) in [5.41, 5.74) is 0.136. The van der Waals surface area contributed by atoms with E-state index in [2.05, 4.69) is 9.97 Å². The van der Waals surface area contributed by atoms with Crippen molar-refractivity contribution in [3.05, 3.63) is 54.2 Å². The number of aromatic nitrogens is 2. The first-order chi connectivity index (χ1) is 15.6. The number of ether oxygens (including phenoxy) is 2. The molecule has 0 bridgehead atoms. The highest BCUT2D eigenvalue weighted by molar-refractivity contribution is 5.94. The van der Waals surface area contributed by atoms with Crippen LogP contribution in [0.3, 0.4) is 0 Å². The average molecular weight is 471 g/mol. The van der Waals surface area contributed by atoms with Crippen LogP contribution in [0.4, 0.5) is 17.6 Å². The Kier molecular flexibility index (Phi) is 7.46. The molecule has 33 heavy (non-hydrogen) atoms. The molecule has 4 rings (SSSR count). The van der Waals surface area contributed by atoms with Crippen LogP contribution in [0.25, 0.3) is 0 Å². The second-order valence-corrected chi connectivity index (χ2v) is 7.60. The van der Waals surface area contributed by atoms with Crippen molar-refractivity contribution in [2.75, 3.05) is 19.7 Å². The maximum absolute atomic E-state index is 13.7. The monoisotopic (exact) mass is 471 g/mol. The van der Waals surface area contributed by atoms with Crippen molar-refractivity contribution in [2.24, 2.45) is 0 Å². The van der Waals surface area contributed by atoms with E-state index in [1.807, 2.05) is 4.90 Å². The summed E-state index contributed by atoms with van der Waals surface area (Å²) in [6.45, 7) is 1.56. The fourth-order valence-electron chi connectivity index (χ4n) is 3.72. The van der Waals surface area contributed by atoms with Gasteiger partial charge in [-0.05, 0) is 37.1 Å². The quantitative estimate of drug-likeness (QED) is 0.687. The standard InChI is InChI=1S/C19H20FN3O3.C2HF3O2/c20-16-5-2-8-22-17(16)26-15-10-19(25-12-15)6-3-9-23(13-19)18(24)14-4-1-7-21-11-14;3-2(4,5)1(6)7/h1-2,4-5,7-8,11,15H,3,6,9-10,12-13H2;(H,6,7)/t15-,19-;/m0./s1. The Morgan fingerprint density at radius 3 is 2.61 bits per heavy atom. The van der Waals surface area contributed by atoms with Gasteiger partial charge in [0.15, 0.2) is 5.82 Å². The van der Waals surface area contributed by atoms with Gasteiger partial charge in [0.05, 0.1) is 24.3 Å². The topological polar surface area (TPSA) is 102 Å². The number of carboxylic acids is 1. The van der Waals surface area contributed by atoms with Crippen LogP contribution in [-0.4, -0.2) is 69.4 Å². The smallest absolute Gasteiger partial charge is 0.475 e. The molecule has 0 aliphatic carbocycles. The summed E-state index contributed by atoms with van der Waals surface area (Å²) < 4.78 is 57.2. The predicted octanol–water partition coefficient (Wildman–Crippen LogP) is 3.09. The molecule has 8 nitrogen and oxygen atoms in total. The lowest BCUT2D eigenvalue weighted by Crippen LogP contribution is -2.50. The number of amides is 1. The molecule has 2 aromatic heterocycles. The highest BCUT2D eigenvalue weighted by Gasteiger charge is 2.45. The first kappa shape index (κ1) is 24.4. The van der Waals surface area contributed by atoms with Gasteiger partial charge in [0, 0.05) is 31.6 Å². The van der Waals surface area contributed by atoms with Crippen molar-refractivity contribution in [3.8, 4) is 5.88 Å². The van der Waals surface area contributed by atoms with Crippen molar-refractivity contribution in [1.29, 1.82) is 0 Å². The molecule has 12 heteroatoms. The van der Waals surface area contributed by atoms with Gasteiger partial charge in [-0.2, -0.15) is 13.2 Å². The Bertz CT molecular complexity index is 976. The SMILES string of the molecule is O=C(O)C(F)(F)F.O=C(c1cccnc1)N1CCC[C@]2(C[C@H](Oc3ncccc3F)CO2)C1. The minimum absolute atomic E-state index is 0.00254. The minimum Gasteiger partial charge on any atom is -0.475 e. The molecule has 178 valence electrons. The van der Waals surface area contributed by atoms with Crippen LogP contribution in [-0.2, 0) is 9.53 Å². The molecule has 1 spiro atoms. The highest BCUT2D eigenvalue weighted by Crippen LogP contribution is 2.36. The molecule has 2 aromatic rings. The van der Waals surface area contributed by atoms with Crippen LogP contribution < -0.4 is 4.74 Å². The lowest BCUT2D eigenvalue weighted by Gasteiger charge is -2.39. The summed E-state index contributed by atoms with van der Waals surface area (Å²) in [5, 5.41) is 7.12. The molecule has 0 radical (unpaired) electrons. The molecule has 0 unspecified atom stereocenters. The number of alkyl halides is 3. The number of likely N-dealkylation sites (tertiary alicyclic amines) is 1. The Balaban J connectivity index is 0.000000383. The first-order valence-corrected chi connectivity index (χ1v) is 10.0. The molecule has 2 fully saturated rings. The van der Waals surface area contributed by atoms with Crippen LogP contribution in [0, 0.1) is 5.82 Å². The molecule has 2 aliphatic heterocycles. The highest BCUT2D eigenvalue weighted by atomic mass is 19.4. The van der Waals surface area contributed by atoms with Crippen molar-refractivity contribution < 1.29 is 41.7 Å². The van der Waals surface area contributed by atoms with Gasteiger partial charge in [-0.1, -0.05) is 0 Å². The molecule has 2 saturated heterocycles. The number of hydrogen-bond donors (Lipinski definition) is 1. The second kappa shape index (κ2) is 10.1. The van der Waals surface area contributed by atoms with E-state index in [9.17, 15) is 22.4 Å². The maximum Gasteiger partial charge on any atom is 0.490 e. The van der Waals surface area contributed by atoms with E-state index in [0.29, 0.717) is 31.7 Å². The van der Waals surface area contributed by atoms with Gasteiger partial charge >= 0.3 is 12.1 Å². The second-order valence-electron chi connectivity index (χ2n) is 7.60. The Morgan fingerprint density at radius 2 is 1.97 bits per heavy atom. The largest absolute Gasteiger partial charge is 0.490 e. The van der Waals surface area contributed by atoms with E-state index in [1.54, 1.807) is 24.5 Å². The maximum atomic E-state index is 13.7. The summed E-state index contributed by atoms with van der Waals surface area (Å²) in [4.78, 5) is 31.4.